The number of halogens is 1. The molecule has 1 aliphatic rings. The van der Waals surface area contributed by atoms with Crippen molar-refractivity contribution in [3.63, 3.8) is 0 Å². The SMILES string of the molecule is Cn1cc(Br)cc1C(=O)NC1CCNC1. The minimum Gasteiger partial charge on any atom is -0.347 e. The summed E-state index contributed by atoms with van der Waals surface area (Å²) in [5, 5.41) is 6.22. The van der Waals surface area contributed by atoms with E-state index >= 15 is 0 Å². The van der Waals surface area contributed by atoms with Crippen LogP contribution in [0.3, 0.4) is 0 Å². The van der Waals surface area contributed by atoms with Gasteiger partial charge in [-0.25, -0.2) is 0 Å². The highest BCUT2D eigenvalue weighted by Crippen LogP contribution is 2.13. The Hall–Kier alpha value is -0.810. The Labute approximate surface area is 97.2 Å². The first-order valence-corrected chi connectivity index (χ1v) is 5.79. The number of carbonyl (C=O) groups excluding carboxylic acids is 1. The molecule has 0 saturated carbocycles. The first kappa shape index (κ1) is 10.7. The van der Waals surface area contributed by atoms with Gasteiger partial charge in [0.2, 0.25) is 0 Å². The molecule has 1 unspecified atom stereocenters. The Morgan fingerprint density at radius 2 is 2.53 bits per heavy atom. The molecule has 1 amide bonds. The second-order valence-corrected chi connectivity index (χ2v) is 4.73. The lowest BCUT2D eigenvalue weighted by molar-refractivity contribution is 0.0932. The number of amides is 1. The van der Waals surface area contributed by atoms with Gasteiger partial charge in [-0.05, 0) is 35.0 Å². The van der Waals surface area contributed by atoms with Gasteiger partial charge in [-0.2, -0.15) is 0 Å². The lowest BCUT2D eigenvalue weighted by Crippen LogP contribution is -2.37. The third-order valence-electron chi connectivity index (χ3n) is 2.60. The number of nitrogens with one attached hydrogen (secondary N) is 2. The largest absolute Gasteiger partial charge is 0.347 e. The summed E-state index contributed by atoms with van der Waals surface area (Å²) >= 11 is 3.35. The number of rotatable bonds is 2. The molecule has 2 heterocycles. The summed E-state index contributed by atoms with van der Waals surface area (Å²) in [6.07, 6.45) is 2.89. The van der Waals surface area contributed by atoms with E-state index in [-0.39, 0.29) is 11.9 Å². The Morgan fingerprint density at radius 1 is 1.73 bits per heavy atom. The van der Waals surface area contributed by atoms with Gasteiger partial charge in [0.05, 0.1) is 0 Å². The number of hydrogen-bond donors (Lipinski definition) is 2. The van der Waals surface area contributed by atoms with Crippen LogP contribution in [0.1, 0.15) is 16.9 Å². The monoisotopic (exact) mass is 271 g/mol. The van der Waals surface area contributed by atoms with Crippen LogP contribution in [0.25, 0.3) is 0 Å². The van der Waals surface area contributed by atoms with Gasteiger partial charge in [0.25, 0.3) is 5.91 Å². The second-order valence-electron chi connectivity index (χ2n) is 3.82. The zero-order valence-corrected chi connectivity index (χ0v) is 10.2. The average Bonchev–Trinajstić information content (AvgIpc) is 2.75. The van der Waals surface area contributed by atoms with Gasteiger partial charge in [0.1, 0.15) is 5.69 Å². The molecule has 0 bridgehead atoms. The molecule has 4 nitrogen and oxygen atoms in total. The topological polar surface area (TPSA) is 46.1 Å². The molecular weight excluding hydrogens is 258 g/mol. The van der Waals surface area contributed by atoms with E-state index in [4.69, 9.17) is 0 Å². The summed E-state index contributed by atoms with van der Waals surface area (Å²) in [5.41, 5.74) is 0.689. The predicted octanol–water partition coefficient (Wildman–Crippen LogP) is 0.879. The van der Waals surface area contributed by atoms with Gasteiger partial charge in [0, 0.05) is 30.3 Å². The summed E-state index contributed by atoms with van der Waals surface area (Å²) in [6.45, 7) is 1.86. The Kier molecular flexibility index (Phi) is 3.11. The van der Waals surface area contributed by atoms with Crippen LogP contribution in [0.2, 0.25) is 0 Å². The fourth-order valence-corrected chi connectivity index (χ4v) is 2.31. The van der Waals surface area contributed by atoms with E-state index in [9.17, 15) is 4.79 Å². The van der Waals surface area contributed by atoms with Gasteiger partial charge in [-0.15, -0.1) is 0 Å². The third-order valence-corrected chi connectivity index (χ3v) is 3.03. The fraction of sp³-hybridized carbons (Fsp3) is 0.500. The van der Waals surface area contributed by atoms with Crippen LogP contribution in [-0.2, 0) is 7.05 Å². The standard InChI is InChI=1S/C10H14BrN3O/c1-14-6-7(11)4-9(14)10(15)13-8-2-3-12-5-8/h4,6,8,12H,2-3,5H2,1H3,(H,13,15). The van der Waals surface area contributed by atoms with E-state index < -0.39 is 0 Å². The van der Waals surface area contributed by atoms with Crippen molar-refractivity contribution in [3.8, 4) is 0 Å². The smallest absolute Gasteiger partial charge is 0.268 e. The van der Waals surface area contributed by atoms with Crippen LogP contribution in [0.15, 0.2) is 16.7 Å². The van der Waals surface area contributed by atoms with Crippen molar-refractivity contribution >= 4 is 21.8 Å². The van der Waals surface area contributed by atoms with Crippen molar-refractivity contribution in [2.75, 3.05) is 13.1 Å². The van der Waals surface area contributed by atoms with Crippen LogP contribution in [0.5, 0.6) is 0 Å². The first-order chi connectivity index (χ1) is 7.16. The fourth-order valence-electron chi connectivity index (χ4n) is 1.79. The molecule has 5 heteroatoms. The van der Waals surface area contributed by atoms with Gasteiger partial charge in [-0.1, -0.05) is 0 Å². The highest BCUT2D eigenvalue weighted by Gasteiger charge is 2.19. The molecule has 2 N–H and O–H groups in total. The van der Waals surface area contributed by atoms with Crippen molar-refractivity contribution in [2.24, 2.45) is 7.05 Å². The zero-order valence-electron chi connectivity index (χ0n) is 8.59. The van der Waals surface area contributed by atoms with Crippen LogP contribution in [0.4, 0.5) is 0 Å². The summed E-state index contributed by atoms with van der Waals surface area (Å²) < 4.78 is 2.75. The summed E-state index contributed by atoms with van der Waals surface area (Å²) in [4.78, 5) is 11.9. The minimum absolute atomic E-state index is 0.00287. The highest BCUT2D eigenvalue weighted by molar-refractivity contribution is 9.10. The van der Waals surface area contributed by atoms with Crippen LogP contribution in [0, 0.1) is 0 Å². The van der Waals surface area contributed by atoms with E-state index in [1.807, 2.05) is 23.9 Å². The molecule has 1 saturated heterocycles. The lowest BCUT2D eigenvalue weighted by atomic mass is 10.2. The molecule has 1 aliphatic heterocycles. The molecule has 0 radical (unpaired) electrons. The van der Waals surface area contributed by atoms with Gasteiger partial charge < -0.3 is 15.2 Å². The number of hydrogen-bond acceptors (Lipinski definition) is 2. The Bertz CT molecular complexity index is 369. The average molecular weight is 272 g/mol. The molecule has 2 rings (SSSR count). The minimum atomic E-state index is -0.00287. The third kappa shape index (κ3) is 2.41. The second kappa shape index (κ2) is 4.37. The van der Waals surface area contributed by atoms with E-state index in [1.165, 1.54) is 0 Å². The van der Waals surface area contributed by atoms with Crippen molar-refractivity contribution in [2.45, 2.75) is 12.5 Å². The maximum Gasteiger partial charge on any atom is 0.268 e. The number of nitrogens with zero attached hydrogens (tertiary/aromatic N) is 1. The number of aromatic nitrogens is 1. The molecule has 1 fully saturated rings. The van der Waals surface area contributed by atoms with E-state index in [2.05, 4.69) is 26.6 Å². The Balaban J connectivity index is 2.03. The van der Waals surface area contributed by atoms with Crippen LogP contribution in [-0.4, -0.2) is 29.6 Å². The van der Waals surface area contributed by atoms with Gasteiger partial charge in [0.15, 0.2) is 0 Å². The summed E-state index contributed by atoms with van der Waals surface area (Å²) in [5.74, 6) is -0.00287. The van der Waals surface area contributed by atoms with Gasteiger partial charge in [-0.3, -0.25) is 4.79 Å². The van der Waals surface area contributed by atoms with Crippen molar-refractivity contribution in [1.29, 1.82) is 0 Å². The van der Waals surface area contributed by atoms with Gasteiger partial charge >= 0.3 is 0 Å². The van der Waals surface area contributed by atoms with Crippen molar-refractivity contribution < 1.29 is 4.79 Å². The first-order valence-electron chi connectivity index (χ1n) is 5.00. The van der Waals surface area contributed by atoms with E-state index in [0.717, 1.165) is 24.0 Å². The Morgan fingerprint density at radius 3 is 3.07 bits per heavy atom. The van der Waals surface area contributed by atoms with Crippen LogP contribution < -0.4 is 10.6 Å². The molecule has 15 heavy (non-hydrogen) atoms. The molecule has 1 atom stereocenters. The lowest BCUT2D eigenvalue weighted by Gasteiger charge is -2.11. The van der Waals surface area contributed by atoms with E-state index in [1.54, 1.807) is 0 Å². The maximum absolute atomic E-state index is 11.9. The molecule has 1 aromatic rings. The summed E-state index contributed by atoms with van der Waals surface area (Å²) in [6, 6.07) is 2.10. The molecular formula is C10H14BrN3O. The maximum atomic E-state index is 11.9. The van der Waals surface area contributed by atoms with Crippen molar-refractivity contribution in [3.05, 3.63) is 22.4 Å². The normalized spacial score (nSPS) is 20.5. The molecule has 0 spiro atoms. The predicted molar refractivity (Wildman–Crippen MR) is 61.9 cm³/mol. The van der Waals surface area contributed by atoms with Crippen LogP contribution >= 0.6 is 15.9 Å². The summed E-state index contributed by atoms with van der Waals surface area (Å²) in [7, 11) is 1.87. The molecule has 0 aliphatic carbocycles. The quantitative estimate of drug-likeness (QED) is 0.839. The number of carbonyl (C=O) groups is 1. The zero-order chi connectivity index (χ0) is 10.8. The molecule has 0 aromatic carbocycles. The van der Waals surface area contributed by atoms with E-state index in [0.29, 0.717) is 5.69 Å². The highest BCUT2D eigenvalue weighted by atomic mass is 79.9. The van der Waals surface area contributed by atoms with Crippen molar-refractivity contribution in [1.82, 2.24) is 15.2 Å². The molecule has 1 aromatic heterocycles. The number of aryl methyl sites for hydroxylation is 1. The molecule has 82 valence electrons.